The summed E-state index contributed by atoms with van der Waals surface area (Å²) in [4.78, 5) is 62.0. The number of benzene rings is 2. The number of phenols is 1. The number of methoxy groups -OCH3 is 1. The number of amides is 3. The van der Waals surface area contributed by atoms with Gasteiger partial charge in [0.15, 0.2) is 0 Å². The Kier molecular flexibility index (Phi) is 15.7. The first-order valence-electron chi connectivity index (χ1n) is 22.4. The van der Waals surface area contributed by atoms with Crippen LogP contribution in [0.2, 0.25) is 0 Å². The summed E-state index contributed by atoms with van der Waals surface area (Å²) in [6.45, 7) is 14.7. The highest BCUT2D eigenvalue weighted by atomic mass is 16.5. The average Bonchev–Trinajstić information content (AvgIpc) is 3.56. The number of ether oxygens (including phenoxy) is 2. The lowest BCUT2D eigenvalue weighted by molar-refractivity contribution is -0.146. The number of nitrogens with one attached hydrogen (secondary N) is 2. The van der Waals surface area contributed by atoms with E-state index in [0.717, 1.165) is 83.2 Å². The lowest BCUT2D eigenvalue weighted by Crippen LogP contribution is -2.60. The number of carbonyl (C=O) groups is 4. The van der Waals surface area contributed by atoms with Crippen molar-refractivity contribution in [2.75, 3.05) is 54.0 Å². The van der Waals surface area contributed by atoms with Gasteiger partial charge in [-0.15, -0.1) is 0 Å². The normalized spacial score (nSPS) is 16.2. The van der Waals surface area contributed by atoms with Crippen LogP contribution >= 0.6 is 0 Å². The molecule has 2 aliphatic heterocycles. The number of hydrogen-bond acceptors (Lipinski definition) is 10. The molecule has 0 radical (unpaired) electrons. The largest absolute Gasteiger partial charge is 0.508 e. The van der Waals surface area contributed by atoms with Gasteiger partial charge in [0.1, 0.15) is 17.8 Å². The van der Waals surface area contributed by atoms with Crippen molar-refractivity contribution < 1.29 is 33.8 Å². The number of likely N-dealkylation sites (tertiary alicyclic amines) is 1. The van der Waals surface area contributed by atoms with Crippen LogP contribution < -0.4 is 10.7 Å². The predicted molar refractivity (Wildman–Crippen MR) is 244 cm³/mol. The first-order valence-corrected chi connectivity index (χ1v) is 22.4. The van der Waals surface area contributed by atoms with Gasteiger partial charge >= 0.3 is 0 Å². The fraction of sp³-hybridized carbons (Fsp3) is 0.531. The highest BCUT2D eigenvalue weighted by molar-refractivity contribution is 5.96. The lowest BCUT2D eigenvalue weighted by atomic mass is 9.84. The first kappa shape index (κ1) is 47.2. The number of hydrazine groups is 1. The molecule has 2 unspecified atom stereocenters. The SMILES string of the molecule is CCn1c(-c2cnccc2COC)c(CC(C)(C)COC=O)c2cc(-c3cc(O)cc(CC(NC(=O)C(C(C)C)N(C)C(=O)C4CCN(C)CC4)C(=O)N4CCCCN4)c3)ccc21. The third kappa shape index (κ3) is 11.1. The molecular formula is C49H67N7O7. The minimum absolute atomic E-state index is 0.0264. The minimum Gasteiger partial charge on any atom is -0.508 e. The molecule has 340 valence electrons. The van der Waals surface area contributed by atoms with Gasteiger partial charge in [-0.1, -0.05) is 39.8 Å². The zero-order valence-electron chi connectivity index (χ0n) is 38.4. The number of aromatic nitrogens is 2. The summed E-state index contributed by atoms with van der Waals surface area (Å²) in [7, 11) is 5.42. The van der Waals surface area contributed by atoms with E-state index in [1.165, 1.54) is 0 Å². The Balaban J connectivity index is 1.38. The number of nitrogens with zero attached hydrogens (tertiary/aromatic N) is 5. The van der Waals surface area contributed by atoms with Crippen molar-refractivity contribution in [2.45, 2.75) is 98.4 Å². The number of aromatic hydroxyl groups is 1. The topological polar surface area (TPSA) is 159 Å². The van der Waals surface area contributed by atoms with Crippen molar-refractivity contribution in [3.05, 3.63) is 71.5 Å². The van der Waals surface area contributed by atoms with Crippen molar-refractivity contribution in [1.29, 1.82) is 0 Å². The van der Waals surface area contributed by atoms with E-state index in [1.807, 2.05) is 45.3 Å². The number of pyridine rings is 1. The van der Waals surface area contributed by atoms with Gasteiger partial charge in [-0.25, -0.2) is 5.43 Å². The standard InChI is InChI=1S/C49H67N7O7/c1-9-55-43-13-12-35(26-39(43)40(27-49(4,5)30-63-31-57)45(55)41-28-50-18-14-36(41)29-62-8)37-22-33(23-38(58)25-37)24-42(48(61)56-19-11-10-17-51-56)52-46(59)44(32(2)3)54(7)47(60)34-15-20-53(6)21-16-34/h12-14,18,22-23,25-26,28,31-32,34,42,44,51,58H,9-11,15-17,19-21,24,27,29-30H2,1-8H3,(H,52,59). The van der Waals surface area contributed by atoms with Gasteiger partial charge in [-0.2, -0.15) is 0 Å². The highest BCUT2D eigenvalue weighted by Crippen LogP contribution is 2.41. The Morgan fingerprint density at radius 1 is 1.06 bits per heavy atom. The smallest absolute Gasteiger partial charge is 0.293 e. The van der Waals surface area contributed by atoms with Crippen molar-refractivity contribution in [1.82, 2.24) is 35.1 Å². The quantitative estimate of drug-likeness (QED) is 0.102. The number of rotatable bonds is 18. The molecule has 0 spiro atoms. The van der Waals surface area contributed by atoms with Crippen molar-refractivity contribution in [3.63, 3.8) is 0 Å². The van der Waals surface area contributed by atoms with E-state index in [9.17, 15) is 24.3 Å². The second-order valence-corrected chi connectivity index (χ2v) is 18.5. The number of aryl methyl sites for hydroxylation is 1. The molecule has 2 saturated heterocycles. The van der Waals surface area contributed by atoms with Crippen LogP contribution in [0.5, 0.6) is 5.75 Å². The number of piperidine rings is 1. The summed E-state index contributed by atoms with van der Waals surface area (Å²) in [5, 5.41) is 17.0. The molecule has 3 amide bonds. The van der Waals surface area contributed by atoms with Gasteiger partial charge in [-0.05, 0) is 123 Å². The van der Waals surface area contributed by atoms with Gasteiger partial charge in [0.05, 0.1) is 18.9 Å². The molecule has 2 fully saturated rings. The molecule has 2 aromatic carbocycles. The molecule has 0 bridgehead atoms. The summed E-state index contributed by atoms with van der Waals surface area (Å²) in [5.74, 6) is -1.05. The number of carbonyl (C=O) groups excluding carboxylic acids is 4. The van der Waals surface area contributed by atoms with Gasteiger partial charge < -0.3 is 34.3 Å². The molecule has 0 aliphatic carbocycles. The molecule has 14 heteroatoms. The van der Waals surface area contributed by atoms with Crippen LogP contribution in [0.3, 0.4) is 0 Å². The third-order valence-corrected chi connectivity index (χ3v) is 12.6. The van der Waals surface area contributed by atoms with Crippen LogP contribution in [-0.2, 0) is 54.6 Å². The van der Waals surface area contributed by atoms with Crippen LogP contribution in [-0.4, -0.2) is 120 Å². The van der Waals surface area contributed by atoms with E-state index in [-0.39, 0.29) is 48.3 Å². The summed E-state index contributed by atoms with van der Waals surface area (Å²) >= 11 is 0. The summed E-state index contributed by atoms with van der Waals surface area (Å²) in [6, 6.07) is 11.8. The molecule has 63 heavy (non-hydrogen) atoms. The van der Waals surface area contributed by atoms with Crippen LogP contribution in [0.25, 0.3) is 33.3 Å². The van der Waals surface area contributed by atoms with E-state index >= 15 is 0 Å². The molecular weight excluding hydrogens is 799 g/mol. The summed E-state index contributed by atoms with van der Waals surface area (Å²) in [6.07, 6.45) is 7.58. The molecule has 4 aromatic rings. The van der Waals surface area contributed by atoms with Crippen LogP contribution in [0, 0.1) is 17.3 Å². The molecule has 6 rings (SSSR count). The third-order valence-electron chi connectivity index (χ3n) is 12.6. The molecule has 2 aliphatic rings. The van der Waals surface area contributed by atoms with Gasteiger partial charge in [-0.3, -0.25) is 29.2 Å². The van der Waals surface area contributed by atoms with Crippen molar-refractivity contribution in [3.8, 4) is 28.1 Å². The van der Waals surface area contributed by atoms with Crippen LogP contribution in [0.1, 0.15) is 77.0 Å². The summed E-state index contributed by atoms with van der Waals surface area (Å²) in [5.41, 5.74) is 10.1. The van der Waals surface area contributed by atoms with Gasteiger partial charge in [0, 0.05) is 80.4 Å². The average molecular weight is 866 g/mol. The molecule has 14 nitrogen and oxygen atoms in total. The maximum Gasteiger partial charge on any atom is 0.293 e. The minimum atomic E-state index is -0.974. The van der Waals surface area contributed by atoms with Crippen LogP contribution in [0.15, 0.2) is 54.9 Å². The first-order chi connectivity index (χ1) is 30.2. The molecule has 0 saturated carbocycles. The number of hydrogen-bond donors (Lipinski definition) is 3. The Morgan fingerprint density at radius 2 is 1.83 bits per heavy atom. The van der Waals surface area contributed by atoms with Gasteiger partial charge in [0.25, 0.3) is 12.4 Å². The number of fused-ring (bicyclic) bond motifs is 1. The maximum absolute atomic E-state index is 14.3. The van der Waals surface area contributed by atoms with E-state index in [1.54, 1.807) is 42.4 Å². The predicted octanol–water partition coefficient (Wildman–Crippen LogP) is 5.96. The van der Waals surface area contributed by atoms with Crippen molar-refractivity contribution in [2.24, 2.45) is 17.3 Å². The Bertz CT molecular complexity index is 2240. The molecule has 3 N–H and O–H groups in total. The van der Waals surface area contributed by atoms with E-state index in [2.05, 4.69) is 58.1 Å². The second kappa shape index (κ2) is 20.9. The number of likely N-dealkylation sites (N-methyl/N-ethyl adjacent to an activating group) is 1. The molecule has 2 aromatic heterocycles. The monoisotopic (exact) mass is 866 g/mol. The fourth-order valence-electron chi connectivity index (χ4n) is 9.45. The van der Waals surface area contributed by atoms with E-state index < -0.39 is 17.5 Å². The molecule has 4 heterocycles. The van der Waals surface area contributed by atoms with Crippen molar-refractivity contribution >= 4 is 35.1 Å². The second-order valence-electron chi connectivity index (χ2n) is 18.5. The zero-order chi connectivity index (χ0) is 45.4. The fourth-order valence-corrected chi connectivity index (χ4v) is 9.45. The van der Waals surface area contributed by atoms with Crippen LogP contribution in [0.4, 0.5) is 0 Å². The van der Waals surface area contributed by atoms with Gasteiger partial charge in [0.2, 0.25) is 11.8 Å². The zero-order valence-corrected chi connectivity index (χ0v) is 38.4. The summed E-state index contributed by atoms with van der Waals surface area (Å²) < 4.78 is 13.2. The highest BCUT2D eigenvalue weighted by Gasteiger charge is 2.37. The van der Waals surface area contributed by atoms with E-state index in [4.69, 9.17) is 9.47 Å². The Hall–Kier alpha value is -5.31. The molecule has 2 atom stereocenters. The Labute approximate surface area is 372 Å². The number of phenolic OH excluding ortho intramolecular Hbond substituents is 1. The van der Waals surface area contributed by atoms with E-state index in [0.29, 0.717) is 44.7 Å². The lowest BCUT2D eigenvalue weighted by Gasteiger charge is -2.37. The Morgan fingerprint density at radius 3 is 2.49 bits per heavy atom. The maximum atomic E-state index is 14.3.